The van der Waals surface area contributed by atoms with Crippen molar-refractivity contribution < 1.29 is 14.7 Å². The molecule has 5 nitrogen and oxygen atoms in total. The number of carbonyl (C=O) groups excluding carboxylic acids is 2. The summed E-state index contributed by atoms with van der Waals surface area (Å²) in [5, 5.41) is 15.1. The van der Waals surface area contributed by atoms with Crippen molar-refractivity contribution in [2.24, 2.45) is 0 Å². The molecule has 1 aromatic carbocycles. The maximum atomic E-state index is 11.8. The molecule has 5 heteroatoms. The largest absolute Gasteiger partial charge is 0.507 e. The van der Waals surface area contributed by atoms with Crippen LogP contribution in [0.3, 0.4) is 0 Å². The number of phenolic OH excluding ortho intramolecular Hbond substituents is 1. The third-order valence-corrected chi connectivity index (χ3v) is 3.54. The second-order valence-electron chi connectivity index (χ2n) is 5.75. The number of urea groups is 1. The summed E-state index contributed by atoms with van der Waals surface area (Å²) in [5.41, 5.74) is 2.29. The zero-order valence-electron chi connectivity index (χ0n) is 12.2. The highest BCUT2D eigenvalue weighted by Gasteiger charge is 2.32. The Labute approximate surface area is 118 Å². The third kappa shape index (κ3) is 2.48. The first-order valence-electron chi connectivity index (χ1n) is 6.79. The Morgan fingerprint density at radius 3 is 1.90 bits per heavy atom. The van der Waals surface area contributed by atoms with Crippen LogP contribution >= 0.6 is 0 Å². The minimum Gasteiger partial charge on any atom is -0.507 e. The van der Waals surface area contributed by atoms with Crippen LogP contribution in [0.5, 0.6) is 5.75 Å². The molecule has 0 aliphatic carbocycles. The van der Waals surface area contributed by atoms with Crippen molar-refractivity contribution >= 4 is 11.9 Å². The number of benzene rings is 1. The molecule has 1 aliphatic heterocycles. The molecule has 1 heterocycles. The molecule has 1 aromatic rings. The van der Waals surface area contributed by atoms with Gasteiger partial charge in [-0.15, -0.1) is 0 Å². The maximum absolute atomic E-state index is 11.8. The Bertz CT molecular complexity index is 535. The molecule has 0 spiro atoms. The molecule has 1 saturated heterocycles. The number of amides is 3. The Balaban J connectivity index is 2.54. The molecule has 3 N–H and O–H groups in total. The first-order chi connectivity index (χ1) is 9.31. The fourth-order valence-corrected chi connectivity index (χ4v) is 2.40. The van der Waals surface area contributed by atoms with Gasteiger partial charge in [0.2, 0.25) is 0 Å². The van der Waals surface area contributed by atoms with Gasteiger partial charge in [0.1, 0.15) is 11.8 Å². The summed E-state index contributed by atoms with van der Waals surface area (Å²) in [6.07, 6.45) is 0. The molecule has 20 heavy (non-hydrogen) atoms. The SMILES string of the molecule is CC(C)c1cc(C2NC(=O)NC2=O)cc(C(C)C)c1O. The van der Waals surface area contributed by atoms with Gasteiger partial charge >= 0.3 is 6.03 Å². The molecule has 1 unspecified atom stereocenters. The average molecular weight is 276 g/mol. The monoisotopic (exact) mass is 276 g/mol. The number of nitrogens with one attached hydrogen (secondary N) is 2. The van der Waals surface area contributed by atoms with E-state index in [1.165, 1.54) is 0 Å². The van der Waals surface area contributed by atoms with Crippen molar-refractivity contribution in [1.82, 2.24) is 10.6 Å². The summed E-state index contributed by atoms with van der Waals surface area (Å²) in [5.74, 6) is 0.189. The van der Waals surface area contributed by atoms with E-state index in [1.54, 1.807) is 12.1 Å². The van der Waals surface area contributed by atoms with Gasteiger partial charge in [0, 0.05) is 0 Å². The molecule has 3 amide bonds. The van der Waals surface area contributed by atoms with E-state index in [1.807, 2.05) is 27.7 Å². The van der Waals surface area contributed by atoms with E-state index in [4.69, 9.17) is 0 Å². The van der Waals surface area contributed by atoms with Crippen LogP contribution in [0.4, 0.5) is 4.79 Å². The van der Waals surface area contributed by atoms with Gasteiger partial charge in [-0.2, -0.15) is 0 Å². The summed E-state index contributed by atoms with van der Waals surface area (Å²) < 4.78 is 0. The second kappa shape index (κ2) is 5.15. The second-order valence-corrected chi connectivity index (χ2v) is 5.75. The first kappa shape index (κ1) is 14.4. The van der Waals surface area contributed by atoms with Crippen LogP contribution in [0, 0.1) is 0 Å². The maximum Gasteiger partial charge on any atom is 0.322 e. The Hall–Kier alpha value is -2.04. The molecule has 2 rings (SSSR count). The molecule has 0 bridgehead atoms. The van der Waals surface area contributed by atoms with Crippen LogP contribution in [0.1, 0.15) is 62.3 Å². The minimum absolute atomic E-state index is 0.132. The molecule has 108 valence electrons. The van der Waals surface area contributed by atoms with Crippen molar-refractivity contribution in [1.29, 1.82) is 0 Å². The Kier molecular flexibility index (Phi) is 3.70. The molecular formula is C15H20N2O3. The van der Waals surface area contributed by atoms with Gasteiger partial charge in [0.05, 0.1) is 0 Å². The van der Waals surface area contributed by atoms with Crippen molar-refractivity contribution in [3.63, 3.8) is 0 Å². The molecular weight excluding hydrogens is 256 g/mol. The minimum atomic E-state index is -0.682. The molecule has 0 radical (unpaired) electrons. The lowest BCUT2D eigenvalue weighted by Gasteiger charge is -2.19. The molecule has 1 fully saturated rings. The zero-order valence-corrected chi connectivity index (χ0v) is 12.2. The van der Waals surface area contributed by atoms with E-state index in [2.05, 4.69) is 10.6 Å². The quantitative estimate of drug-likeness (QED) is 0.742. The standard InChI is InChI=1S/C15H20N2O3/c1-7(2)10-5-9(6-11(8(3)4)13(10)18)12-14(19)17-15(20)16-12/h5-8,12,18H,1-4H3,(H2,16,17,19,20). The normalized spacial score (nSPS) is 18.6. The van der Waals surface area contributed by atoms with Gasteiger partial charge in [-0.1, -0.05) is 27.7 Å². The third-order valence-electron chi connectivity index (χ3n) is 3.54. The smallest absolute Gasteiger partial charge is 0.322 e. The summed E-state index contributed by atoms with van der Waals surface area (Å²) in [6.45, 7) is 7.93. The van der Waals surface area contributed by atoms with Crippen LogP contribution in [0.2, 0.25) is 0 Å². The van der Waals surface area contributed by atoms with E-state index >= 15 is 0 Å². The highest BCUT2D eigenvalue weighted by molar-refractivity contribution is 6.04. The van der Waals surface area contributed by atoms with Crippen LogP contribution in [0.25, 0.3) is 0 Å². The number of aromatic hydroxyl groups is 1. The van der Waals surface area contributed by atoms with Crippen molar-refractivity contribution in [3.8, 4) is 5.75 Å². The van der Waals surface area contributed by atoms with Crippen molar-refractivity contribution in [2.45, 2.75) is 45.6 Å². The average Bonchev–Trinajstić information content (AvgIpc) is 2.68. The highest BCUT2D eigenvalue weighted by atomic mass is 16.3. The Morgan fingerprint density at radius 1 is 1.05 bits per heavy atom. The number of phenols is 1. The summed E-state index contributed by atoms with van der Waals surface area (Å²) >= 11 is 0. The number of rotatable bonds is 3. The molecule has 0 aromatic heterocycles. The predicted molar refractivity (Wildman–Crippen MR) is 75.7 cm³/mol. The highest BCUT2D eigenvalue weighted by Crippen LogP contribution is 2.36. The lowest BCUT2D eigenvalue weighted by molar-refractivity contribution is -0.120. The Morgan fingerprint density at radius 2 is 1.55 bits per heavy atom. The van der Waals surface area contributed by atoms with E-state index in [0.29, 0.717) is 5.56 Å². The van der Waals surface area contributed by atoms with Gasteiger partial charge in [0.15, 0.2) is 0 Å². The van der Waals surface area contributed by atoms with Crippen LogP contribution in [-0.2, 0) is 4.79 Å². The summed E-state index contributed by atoms with van der Waals surface area (Å²) in [6, 6.07) is 2.42. The van der Waals surface area contributed by atoms with Crippen LogP contribution in [-0.4, -0.2) is 17.0 Å². The number of imide groups is 1. The lowest BCUT2D eigenvalue weighted by Crippen LogP contribution is -2.22. The summed E-state index contributed by atoms with van der Waals surface area (Å²) in [4.78, 5) is 23.0. The summed E-state index contributed by atoms with van der Waals surface area (Å²) in [7, 11) is 0. The fraction of sp³-hybridized carbons (Fsp3) is 0.467. The predicted octanol–water partition coefficient (Wildman–Crippen LogP) is 2.52. The van der Waals surface area contributed by atoms with Crippen LogP contribution < -0.4 is 10.6 Å². The molecule has 1 aliphatic rings. The number of carbonyl (C=O) groups is 2. The van der Waals surface area contributed by atoms with Gasteiger partial charge in [0.25, 0.3) is 5.91 Å². The number of hydrogen-bond acceptors (Lipinski definition) is 3. The van der Waals surface area contributed by atoms with E-state index in [9.17, 15) is 14.7 Å². The topological polar surface area (TPSA) is 78.4 Å². The van der Waals surface area contributed by atoms with Gasteiger partial charge in [-0.05, 0) is 40.7 Å². The van der Waals surface area contributed by atoms with Gasteiger partial charge < -0.3 is 10.4 Å². The van der Waals surface area contributed by atoms with E-state index in [-0.39, 0.29) is 23.5 Å². The lowest BCUT2D eigenvalue weighted by atomic mass is 9.89. The van der Waals surface area contributed by atoms with Crippen molar-refractivity contribution in [3.05, 3.63) is 28.8 Å². The molecule has 0 saturated carbocycles. The van der Waals surface area contributed by atoms with Crippen molar-refractivity contribution in [2.75, 3.05) is 0 Å². The zero-order chi connectivity index (χ0) is 15.0. The van der Waals surface area contributed by atoms with E-state index < -0.39 is 12.1 Å². The van der Waals surface area contributed by atoms with Gasteiger partial charge in [-0.3, -0.25) is 10.1 Å². The van der Waals surface area contributed by atoms with Gasteiger partial charge in [-0.25, -0.2) is 4.79 Å². The molecule has 1 atom stereocenters. The first-order valence-corrected chi connectivity index (χ1v) is 6.79. The number of hydrogen-bond donors (Lipinski definition) is 3. The fourth-order valence-electron chi connectivity index (χ4n) is 2.40. The van der Waals surface area contributed by atoms with E-state index in [0.717, 1.165) is 11.1 Å². The van der Waals surface area contributed by atoms with Crippen LogP contribution in [0.15, 0.2) is 12.1 Å².